The van der Waals surface area contributed by atoms with Gasteiger partial charge in [-0.05, 0) is 18.6 Å². The Balaban J connectivity index is 1.83. The maximum Gasteiger partial charge on any atom is 0.257 e. The molecule has 2 aromatic rings. The van der Waals surface area contributed by atoms with Crippen molar-refractivity contribution < 1.29 is 14.3 Å². The van der Waals surface area contributed by atoms with E-state index in [2.05, 4.69) is 15.5 Å². The predicted molar refractivity (Wildman–Crippen MR) is 84.3 cm³/mol. The average molecular weight is 340 g/mol. The first kappa shape index (κ1) is 15.1. The number of hydrogen-bond acceptors (Lipinski definition) is 6. The summed E-state index contributed by atoms with van der Waals surface area (Å²) in [5, 5.41) is 12.3. The van der Waals surface area contributed by atoms with Gasteiger partial charge in [0.15, 0.2) is 11.5 Å². The first-order valence-electron chi connectivity index (χ1n) is 6.90. The lowest BCUT2D eigenvalue weighted by Crippen LogP contribution is -2.12. The summed E-state index contributed by atoms with van der Waals surface area (Å²) in [5.41, 5.74) is 0.391. The van der Waals surface area contributed by atoms with Crippen LogP contribution in [0.2, 0.25) is 5.02 Å². The smallest absolute Gasteiger partial charge is 0.257 e. The molecule has 1 aliphatic heterocycles. The van der Waals surface area contributed by atoms with Crippen LogP contribution in [-0.4, -0.2) is 29.3 Å². The van der Waals surface area contributed by atoms with E-state index in [1.54, 1.807) is 12.1 Å². The Kier molecular flexibility index (Phi) is 4.44. The van der Waals surface area contributed by atoms with Crippen LogP contribution in [0.5, 0.6) is 11.5 Å². The number of aryl methyl sites for hydroxylation is 1. The number of carbonyl (C=O) groups is 1. The second-order valence-corrected chi connectivity index (χ2v) is 6.11. The van der Waals surface area contributed by atoms with E-state index >= 15 is 0 Å². The molecular formula is C14H14ClN3O3S. The zero-order chi connectivity index (χ0) is 15.5. The number of benzene rings is 1. The molecule has 3 rings (SSSR count). The Labute approximate surface area is 136 Å². The molecule has 0 spiro atoms. The standard InChI is InChI=1S/C14H14ClN3O3S/c1-2-11-17-18-14(22-11)16-13(19)8-6-9(15)12-10(7-8)20-4-3-5-21-12/h6-7H,2-5H2,1H3,(H,16,18,19). The number of nitrogens with one attached hydrogen (secondary N) is 1. The molecule has 116 valence electrons. The first-order valence-corrected chi connectivity index (χ1v) is 8.09. The first-order chi connectivity index (χ1) is 10.7. The number of aromatic nitrogens is 2. The van der Waals surface area contributed by atoms with Crippen molar-refractivity contribution in [3.63, 3.8) is 0 Å². The van der Waals surface area contributed by atoms with E-state index in [9.17, 15) is 4.79 Å². The summed E-state index contributed by atoms with van der Waals surface area (Å²) in [6.45, 7) is 3.06. The highest BCUT2D eigenvalue weighted by Gasteiger charge is 2.19. The van der Waals surface area contributed by atoms with Gasteiger partial charge in [0.2, 0.25) is 5.13 Å². The van der Waals surface area contributed by atoms with Crippen LogP contribution in [0, 0.1) is 0 Å². The number of ether oxygens (including phenoxy) is 2. The number of fused-ring (bicyclic) bond motifs is 1. The normalized spacial score (nSPS) is 13.5. The summed E-state index contributed by atoms with van der Waals surface area (Å²) in [6, 6.07) is 3.19. The quantitative estimate of drug-likeness (QED) is 0.929. The Bertz CT molecular complexity index is 705. The molecule has 22 heavy (non-hydrogen) atoms. The van der Waals surface area contributed by atoms with E-state index in [1.807, 2.05) is 6.92 Å². The van der Waals surface area contributed by atoms with Gasteiger partial charge in [-0.3, -0.25) is 10.1 Å². The van der Waals surface area contributed by atoms with Crippen LogP contribution in [-0.2, 0) is 6.42 Å². The number of rotatable bonds is 3. The third-order valence-electron chi connectivity index (χ3n) is 3.05. The minimum atomic E-state index is -0.309. The molecule has 0 atom stereocenters. The fourth-order valence-electron chi connectivity index (χ4n) is 1.98. The molecule has 1 N–H and O–H groups in total. The molecule has 0 unspecified atom stereocenters. The van der Waals surface area contributed by atoms with Crippen LogP contribution < -0.4 is 14.8 Å². The van der Waals surface area contributed by atoms with Gasteiger partial charge in [-0.25, -0.2) is 0 Å². The highest BCUT2D eigenvalue weighted by Crippen LogP contribution is 2.38. The second kappa shape index (κ2) is 6.50. The number of hydrogen-bond donors (Lipinski definition) is 1. The highest BCUT2D eigenvalue weighted by atomic mass is 35.5. The summed E-state index contributed by atoms with van der Waals surface area (Å²) in [4.78, 5) is 12.3. The zero-order valence-corrected chi connectivity index (χ0v) is 13.5. The molecule has 0 bridgehead atoms. The van der Waals surface area contributed by atoms with Crippen LogP contribution in [0.4, 0.5) is 5.13 Å². The molecule has 0 saturated heterocycles. The largest absolute Gasteiger partial charge is 0.489 e. The van der Waals surface area contributed by atoms with Crippen LogP contribution in [0.15, 0.2) is 12.1 Å². The fourth-order valence-corrected chi connectivity index (χ4v) is 2.92. The molecule has 1 amide bonds. The van der Waals surface area contributed by atoms with Crippen molar-refractivity contribution in [3.05, 3.63) is 27.7 Å². The minimum Gasteiger partial charge on any atom is -0.489 e. The number of carbonyl (C=O) groups excluding carboxylic acids is 1. The van der Waals surface area contributed by atoms with E-state index < -0.39 is 0 Å². The van der Waals surface area contributed by atoms with Gasteiger partial charge in [-0.2, -0.15) is 0 Å². The average Bonchev–Trinajstić information content (AvgIpc) is 2.82. The van der Waals surface area contributed by atoms with Gasteiger partial charge in [0, 0.05) is 12.0 Å². The Hall–Kier alpha value is -1.86. The third kappa shape index (κ3) is 3.15. The maximum atomic E-state index is 12.3. The van der Waals surface area contributed by atoms with Crippen LogP contribution in [0.1, 0.15) is 28.7 Å². The van der Waals surface area contributed by atoms with Gasteiger partial charge in [0.1, 0.15) is 5.01 Å². The van der Waals surface area contributed by atoms with Crippen LogP contribution in [0.3, 0.4) is 0 Å². The van der Waals surface area contributed by atoms with Crippen molar-refractivity contribution in [3.8, 4) is 11.5 Å². The Morgan fingerprint density at radius 2 is 2.18 bits per heavy atom. The Morgan fingerprint density at radius 1 is 1.36 bits per heavy atom. The third-order valence-corrected chi connectivity index (χ3v) is 4.32. The summed E-state index contributed by atoms with van der Waals surface area (Å²) in [5.74, 6) is 0.665. The summed E-state index contributed by atoms with van der Waals surface area (Å²) < 4.78 is 11.1. The lowest BCUT2D eigenvalue weighted by Gasteiger charge is -2.11. The van der Waals surface area contributed by atoms with E-state index in [0.29, 0.717) is 40.4 Å². The molecule has 0 radical (unpaired) electrons. The van der Waals surface area contributed by atoms with Crippen molar-refractivity contribution in [1.82, 2.24) is 10.2 Å². The zero-order valence-electron chi connectivity index (χ0n) is 11.9. The van der Waals surface area contributed by atoms with Gasteiger partial charge in [-0.15, -0.1) is 10.2 Å². The van der Waals surface area contributed by atoms with Crippen molar-refractivity contribution in [1.29, 1.82) is 0 Å². The predicted octanol–water partition coefficient (Wildman–Crippen LogP) is 3.17. The summed E-state index contributed by atoms with van der Waals surface area (Å²) in [6.07, 6.45) is 1.56. The lowest BCUT2D eigenvalue weighted by atomic mass is 10.2. The second-order valence-electron chi connectivity index (χ2n) is 4.64. The highest BCUT2D eigenvalue weighted by molar-refractivity contribution is 7.15. The molecule has 8 heteroatoms. The molecule has 6 nitrogen and oxygen atoms in total. The number of anilines is 1. The molecule has 1 aliphatic rings. The summed E-state index contributed by atoms with van der Waals surface area (Å²) >= 11 is 7.53. The summed E-state index contributed by atoms with van der Waals surface area (Å²) in [7, 11) is 0. The van der Waals surface area contributed by atoms with Crippen molar-refractivity contribution in [2.24, 2.45) is 0 Å². The topological polar surface area (TPSA) is 73.3 Å². The van der Waals surface area contributed by atoms with Gasteiger partial charge in [-0.1, -0.05) is 29.9 Å². The lowest BCUT2D eigenvalue weighted by molar-refractivity contribution is 0.102. The maximum absolute atomic E-state index is 12.3. The molecule has 0 saturated carbocycles. The van der Waals surface area contributed by atoms with Gasteiger partial charge in [0.05, 0.1) is 18.2 Å². The number of amides is 1. The van der Waals surface area contributed by atoms with Crippen molar-refractivity contribution in [2.45, 2.75) is 19.8 Å². The van der Waals surface area contributed by atoms with Crippen LogP contribution in [0.25, 0.3) is 0 Å². The minimum absolute atomic E-state index is 0.309. The van der Waals surface area contributed by atoms with E-state index in [4.69, 9.17) is 21.1 Å². The van der Waals surface area contributed by atoms with E-state index in [-0.39, 0.29) is 5.91 Å². The molecule has 1 aromatic heterocycles. The molecule has 0 fully saturated rings. The fraction of sp³-hybridized carbons (Fsp3) is 0.357. The van der Waals surface area contributed by atoms with Crippen molar-refractivity contribution >= 4 is 34.0 Å². The Morgan fingerprint density at radius 3 is 2.95 bits per heavy atom. The van der Waals surface area contributed by atoms with Gasteiger partial charge < -0.3 is 9.47 Å². The SMILES string of the molecule is CCc1nnc(NC(=O)c2cc(Cl)c3c(c2)OCCCO3)s1. The van der Waals surface area contributed by atoms with E-state index in [0.717, 1.165) is 17.8 Å². The molecule has 0 aliphatic carbocycles. The van der Waals surface area contributed by atoms with E-state index in [1.165, 1.54) is 11.3 Å². The monoisotopic (exact) mass is 339 g/mol. The van der Waals surface area contributed by atoms with Gasteiger partial charge in [0.25, 0.3) is 5.91 Å². The molecule has 2 heterocycles. The molecular weight excluding hydrogens is 326 g/mol. The van der Waals surface area contributed by atoms with Crippen LogP contribution >= 0.6 is 22.9 Å². The molecule has 1 aromatic carbocycles. The number of nitrogens with zero attached hydrogens (tertiary/aromatic N) is 2. The van der Waals surface area contributed by atoms with Crippen molar-refractivity contribution in [2.75, 3.05) is 18.5 Å². The number of halogens is 1. The van der Waals surface area contributed by atoms with Gasteiger partial charge >= 0.3 is 0 Å².